The summed E-state index contributed by atoms with van der Waals surface area (Å²) in [6.45, 7) is 2.08. The van der Waals surface area contributed by atoms with Crippen molar-refractivity contribution in [3.63, 3.8) is 0 Å². The van der Waals surface area contributed by atoms with E-state index in [1.54, 1.807) is 0 Å². The maximum atomic E-state index is 11.2. The quantitative estimate of drug-likeness (QED) is 0.578. The molecule has 1 fully saturated rings. The van der Waals surface area contributed by atoms with E-state index in [1.165, 1.54) is 0 Å². The van der Waals surface area contributed by atoms with Gasteiger partial charge in [-0.1, -0.05) is 0 Å². The molecule has 0 saturated carbocycles. The highest BCUT2D eigenvalue weighted by Gasteiger charge is 2.32. The molecule has 0 amide bonds. The van der Waals surface area contributed by atoms with E-state index in [4.69, 9.17) is 25.3 Å². The zero-order valence-electron chi connectivity index (χ0n) is 12.0. The minimum absolute atomic E-state index is 0.0293. The fraction of sp³-hybridized carbons (Fsp3) is 0.667. The van der Waals surface area contributed by atoms with Crippen molar-refractivity contribution in [2.75, 3.05) is 37.5 Å². The number of nitrogens with zero attached hydrogens (tertiary/aromatic N) is 3. The van der Waals surface area contributed by atoms with Gasteiger partial charge in [0.25, 0.3) is 10.1 Å². The molecule has 8 nitrogen and oxygen atoms in total. The molecule has 122 valence electrons. The topological polar surface area (TPSA) is 90.9 Å². The Bertz CT molecular complexity index is 669. The predicted octanol–water partition coefficient (Wildman–Crippen LogP) is 0.594. The lowest BCUT2D eigenvalue weighted by molar-refractivity contribution is 0.0894. The van der Waals surface area contributed by atoms with Gasteiger partial charge in [0, 0.05) is 13.0 Å². The van der Waals surface area contributed by atoms with E-state index in [0.29, 0.717) is 43.6 Å². The fourth-order valence-corrected chi connectivity index (χ4v) is 3.04. The van der Waals surface area contributed by atoms with Gasteiger partial charge < -0.3 is 14.4 Å². The van der Waals surface area contributed by atoms with E-state index in [9.17, 15) is 8.42 Å². The second kappa shape index (κ2) is 6.15. The van der Waals surface area contributed by atoms with E-state index in [1.807, 2.05) is 0 Å². The fourth-order valence-electron chi connectivity index (χ4n) is 2.53. The molecule has 0 radical (unpaired) electrons. The average molecular weight is 350 g/mol. The van der Waals surface area contributed by atoms with Gasteiger partial charge in [-0.2, -0.15) is 13.4 Å². The van der Waals surface area contributed by atoms with Crippen molar-refractivity contribution in [3.8, 4) is 5.75 Å². The summed E-state index contributed by atoms with van der Waals surface area (Å²) in [6, 6.07) is 0.157. The number of hydrogen-bond acceptors (Lipinski definition) is 8. The molecule has 0 aliphatic carbocycles. The van der Waals surface area contributed by atoms with Gasteiger partial charge >= 0.3 is 0 Å². The summed E-state index contributed by atoms with van der Waals surface area (Å²) in [6.07, 6.45) is 1.76. The van der Waals surface area contributed by atoms with Crippen LogP contribution in [0.2, 0.25) is 5.28 Å². The largest absolute Gasteiger partial charge is 0.488 e. The summed E-state index contributed by atoms with van der Waals surface area (Å²) in [5.41, 5.74) is 0.326. The maximum Gasteiger partial charge on any atom is 0.264 e. The van der Waals surface area contributed by atoms with Gasteiger partial charge in [-0.3, -0.25) is 4.18 Å². The Morgan fingerprint density at radius 3 is 3.00 bits per heavy atom. The van der Waals surface area contributed by atoms with Gasteiger partial charge in [0.2, 0.25) is 5.28 Å². The molecule has 0 N–H and O–H groups in total. The maximum absolute atomic E-state index is 11.2. The van der Waals surface area contributed by atoms with Crippen molar-refractivity contribution in [2.45, 2.75) is 19.1 Å². The van der Waals surface area contributed by atoms with E-state index in [0.717, 1.165) is 12.7 Å². The van der Waals surface area contributed by atoms with E-state index < -0.39 is 10.1 Å². The highest BCUT2D eigenvalue weighted by atomic mass is 35.5. The van der Waals surface area contributed by atoms with Crippen LogP contribution in [0.3, 0.4) is 0 Å². The van der Waals surface area contributed by atoms with Gasteiger partial charge in [0.1, 0.15) is 12.3 Å². The average Bonchev–Trinajstić information content (AvgIpc) is 2.64. The summed E-state index contributed by atoms with van der Waals surface area (Å²) in [5, 5.41) is 0.0293. The molecule has 3 heterocycles. The van der Waals surface area contributed by atoms with E-state index >= 15 is 0 Å². The highest BCUT2D eigenvalue weighted by molar-refractivity contribution is 7.85. The number of aromatic nitrogens is 2. The summed E-state index contributed by atoms with van der Waals surface area (Å²) >= 11 is 5.98. The standard InChI is InChI=1S/C12H16ClN3O5S/c1-22(17,18)21-7-9-10-11(15-12(13)14-9)16-3-5-19-6-8(16)2-4-20-10/h8H,2-7H2,1H3. The lowest BCUT2D eigenvalue weighted by Crippen LogP contribution is -2.45. The zero-order chi connectivity index (χ0) is 15.7. The Kier molecular flexibility index (Phi) is 4.40. The molecule has 1 saturated heterocycles. The molecule has 1 unspecified atom stereocenters. The van der Waals surface area contributed by atoms with Crippen LogP contribution in [0, 0.1) is 0 Å². The number of morpholine rings is 1. The van der Waals surface area contributed by atoms with Crippen LogP contribution in [-0.4, -0.2) is 57.0 Å². The van der Waals surface area contributed by atoms with Crippen LogP contribution < -0.4 is 9.64 Å². The van der Waals surface area contributed by atoms with Crippen molar-refractivity contribution in [1.29, 1.82) is 0 Å². The van der Waals surface area contributed by atoms with Crippen molar-refractivity contribution in [2.24, 2.45) is 0 Å². The Balaban J connectivity index is 1.98. The minimum atomic E-state index is -3.59. The lowest BCUT2D eigenvalue weighted by Gasteiger charge is -2.35. The van der Waals surface area contributed by atoms with Crippen molar-refractivity contribution in [1.82, 2.24) is 9.97 Å². The molecule has 1 atom stereocenters. The first-order chi connectivity index (χ1) is 10.4. The van der Waals surface area contributed by atoms with E-state index in [2.05, 4.69) is 14.9 Å². The van der Waals surface area contributed by atoms with Crippen LogP contribution in [0.25, 0.3) is 0 Å². The number of anilines is 1. The second-order valence-corrected chi connectivity index (χ2v) is 7.10. The highest BCUT2D eigenvalue weighted by Crippen LogP contribution is 2.36. The lowest BCUT2D eigenvalue weighted by atomic mass is 10.1. The molecule has 22 heavy (non-hydrogen) atoms. The first-order valence-corrected chi connectivity index (χ1v) is 9.01. The smallest absolute Gasteiger partial charge is 0.264 e. The summed E-state index contributed by atoms with van der Waals surface area (Å²) < 4.78 is 38.4. The molecule has 3 rings (SSSR count). The van der Waals surface area contributed by atoms with Gasteiger partial charge in [0.05, 0.1) is 32.1 Å². The van der Waals surface area contributed by atoms with Crippen LogP contribution in [0.1, 0.15) is 12.1 Å². The Labute approximate surface area is 133 Å². The molecule has 2 aliphatic rings. The monoisotopic (exact) mass is 349 g/mol. The summed E-state index contributed by atoms with van der Waals surface area (Å²) in [4.78, 5) is 10.4. The molecule has 0 spiro atoms. The van der Waals surface area contributed by atoms with Crippen LogP contribution >= 0.6 is 11.6 Å². The summed E-state index contributed by atoms with van der Waals surface area (Å²) in [5.74, 6) is 0.996. The first-order valence-electron chi connectivity index (χ1n) is 6.82. The number of ether oxygens (including phenoxy) is 2. The van der Waals surface area contributed by atoms with Crippen LogP contribution in [0.15, 0.2) is 0 Å². The summed E-state index contributed by atoms with van der Waals surface area (Å²) in [7, 11) is -3.59. The number of hydrogen-bond donors (Lipinski definition) is 0. The van der Waals surface area contributed by atoms with Crippen molar-refractivity contribution < 1.29 is 22.1 Å². The van der Waals surface area contributed by atoms with Crippen LogP contribution in [0.4, 0.5) is 5.82 Å². The molecule has 0 bridgehead atoms. The minimum Gasteiger partial charge on any atom is -0.488 e. The third-order valence-corrected chi connectivity index (χ3v) is 4.21. The molecule has 0 aromatic carbocycles. The van der Waals surface area contributed by atoms with Gasteiger partial charge in [0.15, 0.2) is 11.6 Å². The predicted molar refractivity (Wildman–Crippen MR) is 78.7 cm³/mol. The van der Waals surface area contributed by atoms with Crippen LogP contribution in [0.5, 0.6) is 5.75 Å². The van der Waals surface area contributed by atoms with Gasteiger partial charge in [-0.25, -0.2) is 4.98 Å². The molecule has 2 aliphatic heterocycles. The second-order valence-electron chi connectivity index (χ2n) is 5.12. The zero-order valence-corrected chi connectivity index (χ0v) is 13.6. The Morgan fingerprint density at radius 2 is 2.23 bits per heavy atom. The van der Waals surface area contributed by atoms with Crippen LogP contribution in [-0.2, 0) is 25.6 Å². The Hall–Kier alpha value is -1.16. The van der Waals surface area contributed by atoms with Crippen molar-refractivity contribution >= 4 is 27.5 Å². The third kappa shape index (κ3) is 3.43. The molecule has 10 heteroatoms. The number of halogens is 1. The molecular formula is C12H16ClN3O5S. The van der Waals surface area contributed by atoms with E-state index in [-0.39, 0.29) is 17.9 Å². The number of fused-ring (bicyclic) bond motifs is 3. The van der Waals surface area contributed by atoms with Gasteiger partial charge in [-0.05, 0) is 11.6 Å². The third-order valence-electron chi connectivity index (χ3n) is 3.50. The first kappa shape index (κ1) is 15.7. The number of rotatable bonds is 3. The van der Waals surface area contributed by atoms with Crippen molar-refractivity contribution in [3.05, 3.63) is 11.0 Å². The Morgan fingerprint density at radius 1 is 1.41 bits per heavy atom. The molecule has 1 aromatic rings. The molecule has 1 aromatic heterocycles. The van der Waals surface area contributed by atoms with Gasteiger partial charge in [-0.15, -0.1) is 0 Å². The molecular weight excluding hydrogens is 334 g/mol. The SMILES string of the molecule is CS(=O)(=O)OCc1nc(Cl)nc2c1OCCC1COCCN21. The normalized spacial score (nSPS) is 21.5.